The van der Waals surface area contributed by atoms with Crippen LogP contribution in [0.4, 0.5) is 0 Å². The lowest BCUT2D eigenvalue weighted by Crippen LogP contribution is -2.01. The third-order valence-corrected chi connectivity index (χ3v) is 3.75. The third-order valence-electron chi connectivity index (χ3n) is 3.75. The molecule has 6 heteroatoms. The molecule has 0 unspecified atom stereocenters. The predicted octanol–water partition coefficient (Wildman–Crippen LogP) is 3.70. The molecule has 2 aromatic heterocycles. The van der Waals surface area contributed by atoms with Crippen molar-refractivity contribution < 1.29 is 23.1 Å². The van der Waals surface area contributed by atoms with E-state index in [2.05, 4.69) is 11.7 Å². The zero-order chi connectivity index (χ0) is 17.8. The maximum Gasteiger partial charge on any atom is 0.373 e. The van der Waals surface area contributed by atoms with Gasteiger partial charge in [0, 0.05) is 17.5 Å². The molecule has 0 aliphatic heterocycles. The standard InChI is InChI=1S/C19H18O6/c1-3-4-12-9-18(20)25-17-10-13(5-7-15(12)17)23-11-14-6-8-16(24-14)19(21)22-2/h5-10H,3-4,11H2,1-2H3. The second kappa shape index (κ2) is 7.25. The molecule has 1 aromatic carbocycles. The molecular weight excluding hydrogens is 324 g/mol. The van der Waals surface area contributed by atoms with Crippen molar-refractivity contribution in [1.29, 1.82) is 0 Å². The van der Waals surface area contributed by atoms with Crippen LogP contribution in [0.3, 0.4) is 0 Å². The Labute approximate surface area is 144 Å². The molecule has 0 saturated carbocycles. The lowest BCUT2D eigenvalue weighted by molar-refractivity contribution is 0.0561. The number of carbonyl (C=O) groups is 1. The molecule has 3 rings (SSSR count). The van der Waals surface area contributed by atoms with Crippen LogP contribution >= 0.6 is 0 Å². The molecule has 0 aliphatic rings. The van der Waals surface area contributed by atoms with Crippen molar-refractivity contribution in [1.82, 2.24) is 0 Å². The Morgan fingerprint density at radius 1 is 1.12 bits per heavy atom. The summed E-state index contributed by atoms with van der Waals surface area (Å²) in [5.74, 6) is 0.610. The Morgan fingerprint density at radius 3 is 2.72 bits per heavy atom. The maximum atomic E-state index is 11.7. The molecular formula is C19H18O6. The van der Waals surface area contributed by atoms with E-state index >= 15 is 0 Å². The monoisotopic (exact) mass is 342 g/mol. The first kappa shape index (κ1) is 16.8. The van der Waals surface area contributed by atoms with E-state index in [1.165, 1.54) is 19.2 Å². The normalized spacial score (nSPS) is 10.8. The number of methoxy groups -OCH3 is 1. The van der Waals surface area contributed by atoms with Crippen molar-refractivity contribution in [3.05, 3.63) is 63.9 Å². The van der Waals surface area contributed by atoms with E-state index in [0.29, 0.717) is 17.1 Å². The minimum Gasteiger partial charge on any atom is -0.486 e. The van der Waals surface area contributed by atoms with Crippen LogP contribution in [0.25, 0.3) is 11.0 Å². The Morgan fingerprint density at radius 2 is 1.96 bits per heavy atom. The van der Waals surface area contributed by atoms with Gasteiger partial charge >= 0.3 is 11.6 Å². The molecule has 0 radical (unpaired) electrons. The summed E-state index contributed by atoms with van der Waals surface area (Å²) in [6.07, 6.45) is 1.75. The van der Waals surface area contributed by atoms with E-state index in [9.17, 15) is 9.59 Å². The van der Waals surface area contributed by atoms with Gasteiger partial charge in [-0.25, -0.2) is 9.59 Å². The molecule has 0 N–H and O–H groups in total. The van der Waals surface area contributed by atoms with Gasteiger partial charge in [-0.05, 0) is 36.2 Å². The molecule has 25 heavy (non-hydrogen) atoms. The first-order chi connectivity index (χ1) is 12.1. The largest absolute Gasteiger partial charge is 0.486 e. The van der Waals surface area contributed by atoms with Crippen LogP contribution in [0.5, 0.6) is 5.75 Å². The average Bonchev–Trinajstić information content (AvgIpc) is 3.08. The number of ether oxygens (including phenoxy) is 2. The van der Waals surface area contributed by atoms with Crippen molar-refractivity contribution >= 4 is 16.9 Å². The third kappa shape index (κ3) is 3.74. The van der Waals surface area contributed by atoms with Crippen LogP contribution in [0.15, 0.2) is 50.0 Å². The summed E-state index contributed by atoms with van der Waals surface area (Å²) in [5, 5.41) is 0.903. The number of esters is 1. The number of aryl methyl sites for hydroxylation is 1. The first-order valence-electron chi connectivity index (χ1n) is 7.97. The number of furan rings is 1. The van der Waals surface area contributed by atoms with Gasteiger partial charge in [0.05, 0.1) is 7.11 Å². The topological polar surface area (TPSA) is 78.9 Å². The highest BCUT2D eigenvalue weighted by molar-refractivity contribution is 5.86. The number of hydrogen-bond donors (Lipinski definition) is 0. The van der Waals surface area contributed by atoms with Gasteiger partial charge in [0.2, 0.25) is 5.76 Å². The molecule has 0 atom stereocenters. The number of carbonyl (C=O) groups excluding carboxylic acids is 1. The Balaban J connectivity index is 1.79. The van der Waals surface area contributed by atoms with Gasteiger partial charge in [-0.2, -0.15) is 0 Å². The van der Waals surface area contributed by atoms with E-state index < -0.39 is 5.97 Å². The molecule has 3 aromatic rings. The fraction of sp³-hybridized carbons (Fsp3) is 0.263. The molecule has 0 bridgehead atoms. The minimum absolute atomic E-state index is 0.120. The lowest BCUT2D eigenvalue weighted by Gasteiger charge is -2.07. The summed E-state index contributed by atoms with van der Waals surface area (Å²) in [4.78, 5) is 23.1. The summed E-state index contributed by atoms with van der Waals surface area (Å²) in [6.45, 7) is 2.20. The molecule has 2 heterocycles. The Bertz CT molecular complexity index is 950. The zero-order valence-corrected chi connectivity index (χ0v) is 14.0. The van der Waals surface area contributed by atoms with Gasteiger partial charge in [0.1, 0.15) is 23.7 Å². The molecule has 0 fully saturated rings. The van der Waals surface area contributed by atoms with Crippen LogP contribution < -0.4 is 10.4 Å². The number of rotatable bonds is 6. The first-order valence-corrected chi connectivity index (χ1v) is 7.97. The van der Waals surface area contributed by atoms with Gasteiger partial charge in [-0.3, -0.25) is 0 Å². The second-order valence-electron chi connectivity index (χ2n) is 5.54. The molecule has 6 nitrogen and oxygen atoms in total. The number of fused-ring (bicyclic) bond motifs is 1. The highest BCUT2D eigenvalue weighted by Gasteiger charge is 2.12. The van der Waals surface area contributed by atoms with Crippen LogP contribution in [0.1, 0.15) is 35.2 Å². The van der Waals surface area contributed by atoms with E-state index in [1.807, 2.05) is 12.1 Å². The van der Waals surface area contributed by atoms with Crippen molar-refractivity contribution in [2.45, 2.75) is 26.4 Å². The van der Waals surface area contributed by atoms with Gasteiger partial charge in [0.25, 0.3) is 0 Å². The molecule has 0 aliphatic carbocycles. The molecule has 130 valence electrons. The quantitative estimate of drug-likeness (QED) is 0.502. The van der Waals surface area contributed by atoms with Gasteiger partial charge in [-0.1, -0.05) is 13.3 Å². The van der Waals surface area contributed by atoms with Gasteiger partial charge < -0.3 is 18.3 Å². The summed E-state index contributed by atoms with van der Waals surface area (Å²) >= 11 is 0. The smallest absolute Gasteiger partial charge is 0.373 e. The van der Waals surface area contributed by atoms with Crippen LogP contribution in [-0.2, 0) is 17.8 Å². The Hall–Kier alpha value is -3.02. The van der Waals surface area contributed by atoms with Gasteiger partial charge in [-0.15, -0.1) is 0 Å². The summed E-state index contributed by atoms with van der Waals surface area (Å²) in [7, 11) is 1.29. The average molecular weight is 342 g/mol. The highest BCUT2D eigenvalue weighted by Crippen LogP contribution is 2.24. The predicted molar refractivity (Wildman–Crippen MR) is 90.9 cm³/mol. The van der Waals surface area contributed by atoms with E-state index in [1.54, 1.807) is 12.1 Å². The van der Waals surface area contributed by atoms with E-state index in [-0.39, 0.29) is 18.0 Å². The number of benzene rings is 1. The van der Waals surface area contributed by atoms with Crippen LogP contribution in [0.2, 0.25) is 0 Å². The molecule has 0 saturated heterocycles. The Kier molecular flexibility index (Phi) is 4.88. The SMILES string of the molecule is CCCc1cc(=O)oc2cc(OCc3ccc(C(=O)OC)o3)ccc12. The van der Waals surface area contributed by atoms with Gasteiger partial charge in [0.15, 0.2) is 0 Å². The maximum absolute atomic E-state index is 11.7. The van der Waals surface area contributed by atoms with Crippen molar-refractivity contribution in [3.63, 3.8) is 0 Å². The van der Waals surface area contributed by atoms with Crippen molar-refractivity contribution in [2.75, 3.05) is 7.11 Å². The summed E-state index contributed by atoms with van der Waals surface area (Å²) in [5.41, 5.74) is 1.08. The zero-order valence-electron chi connectivity index (χ0n) is 14.0. The van der Waals surface area contributed by atoms with Crippen LogP contribution in [-0.4, -0.2) is 13.1 Å². The van der Waals surface area contributed by atoms with Crippen molar-refractivity contribution in [3.8, 4) is 5.75 Å². The highest BCUT2D eigenvalue weighted by atomic mass is 16.5. The van der Waals surface area contributed by atoms with E-state index in [4.69, 9.17) is 13.6 Å². The lowest BCUT2D eigenvalue weighted by atomic mass is 10.1. The van der Waals surface area contributed by atoms with Crippen molar-refractivity contribution in [2.24, 2.45) is 0 Å². The molecule has 0 amide bonds. The second-order valence-corrected chi connectivity index (χ2v) is 5.54. The summed E-state index contributed by atoms with van der Waals surface area (Å²) < 4.78 is 20.9. The minimum atomic E-state index is -0.540. The number of hydrogen-bond acceptors (Lipinski definition) is 6. The van der Waals surface area contributed by atoms with Crippen LogP contribution in [0, 0.1) is 0 Å². The summed E-state index contributed by atoms with van der Waals surface area (Å²) in [6, 6.07) is 10.1. The fourth-order valence-electron chi connectivity index (χ4n) is 2.60. The fourth-order valence-corrected chi connectivity index (χ4v) is 2.60. The van der Waals surface area contributed by atoms with E-state index in [0.717, 1.165) is 23.8 Å². The molecule has 0 spiro atoms.